The summed E-state index contributed by atoms with van der Waals surface area (Å²) in [5.74, 6) is -1.12. The lowest BCUT2D eigenvalue weighted by Gasteiger charge is -2.39. The summed E-state index contributed by atoms with van der Waals surface area (Å²) in [7, 11) is 0. The molecule has 11 nitrogen and oxygen atoms in total. The number of allylic oxidation sites excluding steroid dienone is 1. The average molecular weight is 481 g/mol. The number of carbonyl (C=O) groups is 2. The Hall–Kier alpha value is -4.32. The summed E-state index contributed by atoms with van der Waals surface area (Å²) in [6.45, 7) is 3.47. The second-order valence-corrected chi connectivity index (χ2v) is 7.67. The van der Waals surface area contributed by atoms with Crippen molar-refractivity contribution in [2.24, 2.45) is 0 Å². The van der Waals surface area contributed by atoms with Crippen molar-refractivity contribution in [3.05, 3.63) is 81.4 Å². The van der Waals surface area contributed by atoms with E-state index in [1.807, 2.05) is 0 Å². The van der Waals surface area contributed by atoms with Crippen molar-refractivity contribution in [1.29, 1.82) is 0 Å². The van der Waals surface area contributed by atoms with Crippen LogP contribution in [0.25, 0.3) is 11.1 Å². The fraction of sp³-hybridized carbons (Fsp3) is 0.182. The highest BCUT2D eigenvalue weighted by Gasteiger charge is 2.38. The van der Waals surface area contributed by atoms with E-state index in [1.165, 1.54) is 35.7 Å². The number of hydrogen-bond donors (Lipinski definition) is 2. The largest absolute Gasteiger partial charge is 0.463 e. The standard InChI is InChI=1S/C22H19N5O6S/c1-3-32-21(29)18-12(2)24-22(34)26(19(18)13-4-7-15(8-5-13)27(30)31)25-20(28)14-6-9-17-16(10-14)23-11-33-17/h4-11,19H,3H2,1-2H3,(H,24,34)(H,25,28). The number of carbonyl (C=O) groups excluding carboxylic acids is 2. The zero-order chi connectivity index (χ0) is 24.4. The van der Waals surface area contributed by atoms with E-state index in [2.05, 4.69) is 15.7 Å². The molecule has 12 heteroatoms. The van der Waals surface area contributed by atoms with Crippen LogP contribution in [0.4, 0.5) is 5.69 Å². The smallest absolute Gasteiger partial charge is 0.338 e. The predicted molar refractivity (Wildman–Crippen MR) is 124 cm³/mol. The number of thiocarbonyl (C=S) groups is 1. The van der Waals surface area contributed by atoms with Gasteiger partial charge in [0.2, 0.25) is 0 Å². The van der Waals surface area contributed by atoms with Crippen molar-refractivity contribution in [2.75, 3.05) is 6.61 Å². The minimum atomic E-state index is -0.895. The van der Waals surface area contributed by atoms with E-state index in [0.29, 0.717) is 22.4 Å². The number of nitro benzene ring substituents is 1. The highest BCUT2D eigenvalue weighted by molar-refractivity contribution is 7.80. The number of esters is 1. The van der Waals surface area contributed by atoms with Gasteiger partial charge in [0.15, 0.2) is 17.1 Å². The van der Waals surface area contributed by atoms with E-state index in [1.54, 1.807) is 32.0 Å². The molecule has 4 rings (SSSR count). The van der Waals surface area contributed by atoms with E-state index < -0.39 is 22.8 Å². The molecule has 1 atom stereocenters. The average Bonchev–Trinajstić information content (AvgIpc) is 3.28. The van der Waals surface area contributed by atoms with Gasteiger partial charge in [0.25, 0.3) is 11.6 Å². The van der Waals surface area contributed by atoms with Crippen LogP contribution < -0.4 is 10.7 Å². The van der Waals surface area contributed by atoms with E-state index >= 15 is 0 Å². The molecule has 0 saturated carbocycles. The molecule has 0 fully saturated rings. The molecule has 1 aliphatic rings. The molecule has 3 aromatic rings. The van der Waals surface area contributed by atoms with Gasteiger partial charge in [-0.2, -0.15) is 0 Å². The molecule has 34 heavy (non-hydrogen) atoms. The first-order chi connectivity index (χ1) is 16.3. The Labute approximate surface area is 198 Å². The molecule has 1 aliphatic heterocycles. The van der Waals surface area contributed by atoms with E-state index in [0.717, 1.165) is 0 Å². The second-order valence-electron chi connectivity index (χ2n) is 7.29. The molecule has 2 N–H and O–H groups in total. The summed E-state index contributed by atoms with van der Waals surface area (Å²) in [5.41, 5.74) is 5.07. The summed E-state index contributed by atoms with van der Waals surface area (Å²) >= 11 is 5.46. The predicted octanol–water partition coefficient (Wildman–Crippen LogP) is 3.15. The van der Waals surface area contributed by atoms with Crippen molar-refractivity contribution >= 4 is 46.0 Å². The fourth-order valence-corrected chi connectivity index (χ4v) is 3.90. The maximum atomic E-state index is 13.1. The molecule has 0 spiro atoms. The van der Waals surface area contributed by atoms with Gasteiger partial charge in [0, 0.05) is 23.4 Å². The highest BCUT2D eigenvalue weighted by Crippen LogP contribution is 2.34. The number of nitrogens with zero attached hydrogens (tertiary/aromatic N) is 3. The maximum Gasteiger partial charge on any atom is 0.338 e. The van der Waals surface area contributed by atoms with Crippen LogP contribution in [0, 0.1) is 10.1 Å². The molecule has 174 valence electrons. The second kappa shape index (κ2) is 9.27. The van der Waals surface area contributed by atoms with Crippen LogP contribution in [0.3, 0.4) is 0 Å². The number of non-ortho nitro benzene ring substituents is 1. The molecule has 0 bridgehead atoms. The highest BCUT2D eigenvalue weighted by atomic mass is 32.1. The molecule has 2 heterocycles. The van der Waals surface area contributed by atoms with Gasteiger partial charge < -0.3 is 14.5 Å². The van der Waals surface area contributed by atoms with Crippen molar-refractivity contribution in [1.82, 2.24) is 20.7 Å². The van der Waals surface area contributed by atoms with E-state index in [-0.39, 0.29) is 28.5 Å². The number of oxazole rings is 1. The van der Waals surface area contributed by atoms with Crippen LogP contribution in [0.5, 0.6) is 0 Å². The van der Waals surface area contributed by atoms with E-state index in [9.17, 15) is 19.7 Å². The number of hydrazine groups is 1. The third-order valence-electron chi connectivity index (χ3n) is 5.18. The quantitative estimate of drug-likeness (QED) is 0.233. The van der Waals surface area contributed by atoms with Crippen molar-refractivity contribution in [3.8, 4) is 0 Å². The van der Waals surface area contributed by atoms with Gasteiger partial charge in [-0.15, -0.1) is 0 Å². The van der Waals surface area contributed by atoms with Gasteiger partial charge in [-0.3, -0.25) is 20.3 Å². The minimum absolute atomic E-state index is 0.116. The third-order valence-corrected chi connectivity index (χ3v) is 5.48. The lowest BCUT2D eigenvalue weighted by molar-refractivity contribution is -0.384. The number of nitrogens with one attached hydrogen (secondary N) is 2. The Morgan fingerprint density at radius 1 is 1.29 bits per heavy atom. The minimum Gasteiger partial charge on any atom is -0.463 e. The van der Waals surface area contributed by atoms with Gasteiger partial charge in [-0.25, -0.2) is 14.8 Å². The zero-order valence-electron chi connectivity index (χ0n) is 18.1. The fourth-order valence-electron chi connectivity index (χ4n) is 3.60. The van der Waals surface area contributed by atoms with Crippen LogP contribution in [0.2, 0.25) is 0 Å². The van der Waals surface area contributed by atoms with Crippen LogP contribution in [-0.4, -0.2) is 38.5 Å². The Balaban J connectivity index is 1.74. The number of benzene rings is 2. The van der Waals surface area contributed by atoms with Crippen LogP contribution in [0.15, 0.2) is 64.5 Å². The van der Waals surface area contributed by atoms with Gasteiger partial charge >= 0.3 is 5.97 Å². The number of rotatable bonds is 6. The molecular formula is C22H19N5O6S. The lowest BCUT2D eigenvalue weighted by atomic mass is 9.95. The summed E-state index contributed by atoms with van der Waals surface area (Å²) in [5, 5.41) is 15.5. The van der Waals surface area contributed by atoms with E-state index in [4.69, 9.17) is 21.4 Å². The number of fused-ring (bicyclic) bond motifs is 1. The lowest BCUT2D eigenvalue weighted by Crippen LogP contribution is -2.56. The Morgan fingerprint density at radius 3 is 2.71 bits per heavy atom. The van der Waals surface area contributed by atoms with Crippen LogP contribution >= 0.6 is 12.2 Å². The molecule has 1 amide bonds. The van der Waals surface area contributed by atoms with Crippen LogP contribution in [-0.2, 0) is 9.53 Å². The van der Waals surface area contributed by atoms with Gasteiger partial charge in [-0.05, 0) is 62.0 Å². The molecule has 0 radical (unpaired) electrons. The molecule has 0 saturated heterocycles. The molecular weight excluding hydrogens is 462 g/mol. The third kappa shape index (κ3) is 4.30. The summed E-state index contributed by atoms with van der Waals surface area (Å²) in [4.78, 5) is 40.6. The number of nitro groups is 1. The SMILES string of the molecule is CCOC(=O)C1=C(C)NC(=S)N(NC(=O)c2ccc3ocnc3c2)C1c1ccc([N+](=O)[O-])cc1. The van der Waals surface area contributed by atoms with Crippen LogP contribution in [0.1, 0.15) is 35.8 Å². The summed E-state index contributed by atoms with van der Waals surface area (Å²) in [6.07, 6.45) is 1.28. The van der Waals surface area contributed by atoms with Gasteiger partial charge in [-0.1, -0.05) is 0 Å². The normalized spacial score (nSPS) is 15.8. The summed E-state index contributed by atoms with van der Waals surface area (Å²) in [6, 6.07) is 9.49. The summed E-state index contributed by atoms with van der Waals surface area (Å²) < 4.78 is 10.4. The topological polar surface area (TPSA) is 140 Å². The maximum absolute atomic E-state index is 13.1. The van der Waals surface area contributed by atoms with Gasteiger partial charge in [0.1, 0.15) is 11.6 Å². The molecule has 1 aromatic heterocycles. The first-order valence-corrected chi connectivity index (χ1v) is 10.6. The molecule has 1 unspecified atom stereocenters. The van der Waals surface area contributed by atoms with Gasteiger partial charge in [0.05, 0.1) is 17.1 Å². The Morgan fingerprint density at radius 2 is 2.03 bits per heavy atom. The monoisotopic (exact) mass is 481 g/mol. The zero-order valence-corrected chi connectivity index (χ0v) is 18.9. The number of hydrogen-bond acceptors (Lipinski definition) is 8. The van der Waals surface area contributed by atoms with Crippen molar-refractivity contribution in [3.63, 3.8) is 0 Å². The Kier molecular flexibility index (Phi) is 6.23. The van der Waals surface area contributed by atoms with Crippen molar-refractivity contribution in [2.45, 2.75) is 19.9 Å². The number of ether oxygens (including phenoxy) is 1. The Bertz CT molecular complexity index is 1330. The number of aromatic nitrogens is 1. The molecule has 0 aliphatic carbocycles. The number of amides is 1. The first-order valence-electron chi connectivity index (χ1n) is 10.2. The molecule has 2 aromatic carbocycles. The first kappa shape index (κ1) is 22.9. The van der Waals surface area contributed by atoms with Crippen molar-refractivity contribution < 1.29 is 23.7 Å².